The van der Waals surface area contributed by atoms with Crippen LogP contribution in [0.5, 0.6) is 5.75 Å². The van der Waals surface area contributed by atoms with Gasteiger partial charge in [0.1, 0.15) is 18.6 Å². The van der Waals surface area contributed by atoms with E-state index in [2.05, 4.69) is 10.1 Å². The van der Waals surface area contributed by atoms with Crippen molar-refractivity contribution in [1.82, 2.24) is 5.16 Å². The second-order valence-electron chi connectivity index (χ2n) is 4.22. The van der Waals surface area contributed by atoms with Gasteiger partial charge in [0.25, 0.3) is 0 Å². The minimum atomic E-state index is 0.631. The highest BCUT2D eigenvalue weighted by Crippen LogP contribution is 2.21. The first-order valence-electron chi connectivity index (χ1n) is 6.41. The zero-order chi connectivity index (χ0) is 13.6. The van der Waals surface area contributed by atoms with Crippen LogP contribution in [0, 0.1) is 0 Å². The van der Waals surface area contributed by atoms with Gasteiger partial charge in [-0.25, -0.2) is 4.99 Å². The van der Waals surface area contributed by atoms with Crippen LogP contribution in [0.15, 0.2) is 58.4 Å². The zero-order valence-corrected chi connectivity index (χ0v) is 10.9. The normalized spacial score (nSPS) is 14.3. The number of allylic oxidation sites excluding steroid dienone is 1. The summed E-state index contributed by atoms with van der Waals surface area (Å²) >= 11 is 0. The summed E-state index contributed by atoms with van der Waals surface area (Å²) < 4.78 is 15.9. The van der Waals surface area contributed by atoms with Gasteiger partial charge in [0.15, 0.2) is 0 Å². The van der Waals surface area contributed by atoms with E-state index in [1.165, 1.54) is 0 Å². The van der Waals surface area contributed by atoms with E-state index in [0.29, 0.717) is 25.5 Å². The van der Waals surface area contributed by atoms with Crippen LogP contribution in [0.25, 0.3) is 0 Å². The number of para-hydroxylation sites is 1. The van der Waals surface area contributed by atoms with Crippen molar-refractivity contribution in [3.8, 4) is 5.75 Å². The zero-order valence-electron chi connectivity index (χ0n) is 10.9. The number of hydrogen-bond acceptors (Lipinski definition) is 5. The maximum atomic E-state index is 5.65. The Bertz CT molecular complexity index is 618. The highest BCUT2D eigenvalue weighted by atomic mass is 16.5. The lowest BCUT2D eigenvalue weighted by Gasteiger charge is -2.07. The number of rotatable bonds is 5. The average Bonchev–Trinajstić information content (AvgIpc) is 3.17. The molecular weight excluding hydrogens is 256 g/mol. The Hall–Kier alpha value is -2.56. The van der Waals surface area contributed by atoms with Crippen molar-refractivity contribution < 1.29 is 14.0 Å². The summed E-state index contributed by atoms with van der Waals surface area (Å²) in [4.78, 5) is 4.30. The Morgan fingerprint density at radius 3 is 3.00 bits per heavy atom. The fraction of sp³-hybridized carbons (Fsp3) is 0.200. The van der Waals surface area contributed by atoms with Crippen molar-refractivity contribution in [2.45, 2.75) is 6.42 Å². The van der Waals surface area contributed by atoms with Crippen molar-refractivity contribution in [1.29, 1.82) is 0 Å². The monoisotopic (exact) mass is 270 g/mol. The van der Waals surface area contributed by atoms with E-state index in [4.69, 9.17) is 14.0 Å². The third-order valence-corrected chi connectivity index (χ3v) is 2.81. The minimum absolute atomic E-state index is 0.631. The minimum Gasteiger partial charge on any atom is -0.475 e. The molecule has 20 heavy (non-hydrogen) atoms. The molecule has 2 aromatic rings. The van der Waals surface area contributed by atoms with E-state index < -0.39 is 0 Å². The van der Waals surface area contributed by atoms with E-state index >= 15 is 0 Å². The predicted octanol–water partition coefficient (Wildman–Crippen LogP) is 2.59. The maximum absolute atomic E-state index is 5.65. The van der Waals surface area contributed by atoms with Gasteiger partial charge in [0, 0.05) is 12.5 Å². The molecule has 1 aliphatic heterocycles. The van der Waals surface area contributed by atoms with Gasteiger partial charge < -0.3 is 14.0 Å². The van der Waals surface area contributed by atoms with E-state index in [9.17, 15) is 0 Å². The summed E-state index contributed by atoms with van der Waals surface area (Å²) in [5.74, 6) is 1.37. The molecule has 5 nitrogen and oxygen atoms in total. The fourth-order valence-corrected chi connectivity index (χ4v) is 1.88. The Morgan fingerprint density at radius 1 is 1.25 bits per heavy atom. The molecule has 0 atom stereocenters. The van der Waals surface area contributed by atoms with E-state index in [0.717, 1.165) is 17.0 Å². The van der Waals surface area contributed by atoms with Crippen LogP contribution >= 0.6 is 0 Å². The molecule has 1 aromatic carbocycles. The Morgan fingerprint density at radius 2 is 2.20 bits per heavy atom. The Balaban J connectivity index is 1.66. The Kier molecular flexibility index (Phi) is 3.78. The second-order valence-corrected chi connectivity index (χ2v) is 4.22. The van der Waals surface area contributed by atoms with Crippen molar-refractivity contribution in [3.63, 3.8) is 0 Å². The number of aromatic nitrogens is 1. The van der Waals surface area contributed by atoms with E-state index in [1.54, 1.807) is 12.5 Å². The highest BCUT2D eigenvalue weighted by Gasteiger charge is 2.14. The Labute approximate surface area is 116 Å². The summed E-state index contributed by atoms with van der Waals surface area (Å²) in [7, 11) is 0. The van der Waals surface area contributed by atoms with Gasteiger partial charge in [-0.15, -0.1) is 0 Å². The predicted molar refractivity (Wildman–Crippen MR) is 73.8 cm³/mol. The lowest BCUT2D eigenvalue weighted by molar-refractivity contribution is 0.346. The molecule has 3 rings (SSSR count). The summed E-state index contributed by atoms with van der Waals surface area (Å²) in [6.45, 7) is 1.33. The van der Waals surface area contributed by atoms with Gasteiger partial charge in [0.2, 0.25) is 5.90 Å². The van der Waals surface area contributed by atoms with Crippen molar-refractivity contribution in [3.05, 3.63) is 60.2 Å². The molecule has 102 valence electrons. The molecule has 0 aliphatic carbocycles. The number of hydrogen-bond donors (Lipinski definition) is 0. The van der Waals surface area contributed by atoms with Crippen LogP contribution in [0.4, 0.5) is 0 Å². The summed E-state index contributed by atoms with van der Waals surface area (Å²) in [5.41, 5.74) is 1.73. The highest BCUT2D eigenvalue weighted by molar-refractivity contribution is 5.97. The van der Waals surface area contributed by atoms with Crippen LogP contribution < -0.4 is 4.74 Å². The molecule has 0 radical (unpaired) electrons. The molecule has 0 saturated carbocycles. The number of nitrogens with zero attached hydrogens (tertiary/aromatic N) is 2. The first-order valence-corrected chi connectivity index (χ1v) is 6.41. The summed E-state index contributed by atoms with van der Waals surface area (Å²) in [6, 6.07) is 9.50. The number of aliphatic imine (C=N–C) groups is 1. The molecule has 0 saturated heterocycles. The fourth-order valence-electron chi connectivity index (χ4n) is 1.88. The SMILES string of the molecule is C(=COc1ccccc1C1=NCCO1)Cc1ccon1. The summed E-state index contributed by atoms with van der Waals surface area (Å²) in [5, 5.41) is 3.82. The maximum Gasteiger partial charge on any atom is 0.220 e. The van der Waals surface area contributed by atoms with Crippen LogP contribution in [0.1, 0.15) is 11.3 Å². The molecule has 1 aromatic heterocycles. The average molecular weight is 270 g/mol. The molecule has 0 N–H and O–H groups in total. The van der Waals surface area contributed by atoms with Gasteiger partial charge in [0.05, 0.1) is 24.1 Å². The van der Waals surface area contributed by atoms with E-state index in [-0.39, 0.29) is 0 Å². The smallest absolute Gasteiger partial charge is 0.220 e. The van der Waals surface area contributed by atoms with Crippen LogP contribution in [0.3, 0.4) is 0 Å². The van der Waals surface area contributed by atoms with Gasteiger partial charge in [-0.2, -0.15) is 0 Å². The van der Waals surface area contributed by atoms with Gasteiger partial charge in [-0.1, -0.05) is 17.3 Å². The first-order chi connectivity index (χ1) is 9.93. The van der Waals surface area contributed by atoms with Crippen molar-refractivity contribution in [2.24, 2.45) is 4.99 Å². The number of benzene rings is 1. The first kappa shape index (κ1) is 12.5. The largest absolute Gasteiger partial charge is 0.475 e. The van der Waals surface area contributed by atoms with Gasteiger partial charge >= 0.3 is 0 Å². The molecule has 0 spiro atoms. The quantitative estimate of drug-likeness (QED) is 0.784. The molecule has 0 fully saturated rings. The third kappa shape index (κ3) is 2.88. The van der Waals surface area contributed by atoms with Crippen LogP contribution in [0.2, 0.25) is 0 Å². The van der Waals surface area contributed by atoms with Gasteiger partial charge in [-0.3, -0.25) is 0 Å². The number of ether oxygens (including phenoxy) is 2. The third-order valence-electron chi connectivity index (χ3n) is 2.81. The topological polar surface area (TPSA) is 56.9 Å². The van der Waals surface area contributed by atoms with Crippen LogP contribution in [-0.2, 0) is 11.2 Å². The van der Waals surface area contributed by atoms with Gasteiger partial charge in [-0.05, 0) is 18.2 Å². The molecule has 1 aliphatic rings. The standard InChI is InChI=1S/C15H14N2O3/c1-2-6-14(13(5-1)15-16-8-11-19-15)18-9-3-4-12-7-10-20-17-12/h1-3,5-7,9-10H,4,8,11H2. The molecular formula is C15H14N2O3. The molecule has 0 amide bonds. The van der Waals surface area contributed by atoms with Crippen molar-refractivity contribution in [2.75, 3.05) is 13.2 Å². The molecule has 2 heterocycles. The van der Waals surface area contributed by atoms with E-state index in [1.807, 2.05) is 36.4 Å². The lowest BCUT2D eigenvalue weighted by Crippen LogP contribution is -2.03. The molecule has 0 unspecified atom stereocenters. The van der Waals surface area contributed by atoms with Crippen LogP contribution in [-0.4, -0.2) is 24.2 Å². The second kappa shape index (κ2) is 6.06. The molecule has 5 heteroatoms. The lowest BCUT2D eigenvalue weighted by atomic mass is 10.2. The summed E-state index contributed by atoms with van der Waals surface area (Å²) in [6.07, 6.45) is 5.74. The molecule has 0 bridgehead atoms. The van der Waals surface area contributed by atoms with Crippen molar-refractivity contribution >= 4 is 5.90 Å².